The van der Waals surface area contributed by atoms with Gasteiger partial charge in [0.2, 0.25) is 0 Å². The van der Waals surface area contributed by atoms with E-state index in [1.165, 1.54) is 36.1 Å². The summed E-state index contributed by atoms with van der Waals surface area (Å²) in [6.07, 6.45) is 6.91. The molecule has 2 aromatic carbocycles. The van der Waals surface area contributed by atoms with E-state index in [-0.39, 0.29) is 0 Å². The van der Waals surface area contributed by atoms with E-state index in [4.69, 9.17) is 4.74 Å². The first-order valence-electron chi connectivity index (χ1n) is 8.92. The van der Waals surface area contributed by atoms with Crippen LogP contribution < -0.4 is 9.64 Å². The van der Waals surface area contributed by atoms with Crippen molar-refractivity contribution in [1.82, 2.24) is 0 Å². The molecule has 3 heteroatoms. The van der Waals surface area contributed by atoms with Crippen molar-refractivity contribution in [2.45, 2.75) is 39.2 Å². The summed E-state index contributed by atoms with van der Waals surface area (Å²) in [5.74, 6) is 0.965. The van der Waals surface area contributed by atoms with Crippen LogP contribution in [-0.4, -0.2) is 19.5 Å². The highest BCUT2D eigenvalue weighted by atomic mass is 16.5. The first-order chi connectivity index (χ1) is 11.9. The average Bonchev–Trinajstić information content (AvgIpc) is 2.63. The fourth-order valence-electron chi connectivity index (χ4n) is 2.96. The molecule has 0 saturated carbocycles. The Labute approximate surface area is 145 Å². The Hall–Kier alpha value is -2.29. The van der Waals surface area contributed by atoms with Gasteiger partial charge >= 0.3 is 0 Å². The number of unbranched alkanes of at least 4 members (excludes halogenated alkanes) is 3. The van der Waals surface area contributed by atoms with Crippen LogP contribution in [-0.2, 0) is 6.54 Å². The maximum Gasteiger partial charge on any atom is 0.119 e. The largest absolute Gasteiger partial charge is 0.494 e. The summed E-state index contributed by atoms with van der Waals surface area (Å²) in [7, 11) is 0. The van der Waals surface area contributed by atoms with Gasteiger partial charge in [0.05, 0.1) is 6.61 Å². The zero-order chi connectivity index (χ0) is 16.6. The summed E-state index contributed by atoms with van der Waals surface area (Å²) in [6, 6.07) is 16.9. The molecule has 0 fully saturated rings. The van der Waals surface area contributed by atoms with E-state index < -0.39 is 0 Å². The van der Waals surface area contributed by atoms with E-state index in [0.29, 0.717) is 6.67 Å². The number of nitrogens with zero attached hydrogens (tertiary/aromatic N) is 2. The lowest BCUT2D eigenvalue weighted by Crippen LogP contribution is -2.26. The van der Waals surface area contributed by atoms with Crippen molar-refractivity contribution in [3.63, 3.8) is 0 Å². The number of benzene rings is 2. The number of ether oxygens (including phenoxy) is 1. The maximum absolute atomic E-state index is 5.82. The molecule has 0 unspecified atom stereocenters. The number of anilines is 1. The second kappa shape index (κ2) is 8.53. The Bertz CT molecular complexity index is 664. The van der Waals surface area contributed by atoms with Crippen molar-refractivity contribution in [2.75, 3.05) is 18.2 Å². The van der Waals surface area contributed by atoms with E-state index in [2.05, 4.69) is 65.3 Å². The molecule has 0 amide bonds. The molecule has 3 nitrogen and oxygen atoms in total. The van der Waals surface area contributed by atoms with Gasteiger partial charge in [-0.05, 0) is 30.2 Å². The van der Waals surface area contributed by atoms with Gasteiger partial charge in [0.25, 0.3) is 0 Å². The van der Waals surface area contributed by atoms with Crippen molar-refractivity contribution >= 4 is 11.9 Å². The fourth-order valence-corrected chi connectivity index (χ4v) is 2.96. The zero-order valence-electron chi connectivity index (χ0n) is 14.4. The van der Waals surface area contributed by atoms with Crippen LogP contribution in [0.25, 0.3) is 0 Å². The lowest BCUT2D eigenvalue weighted by Gasteiger charge is -2.27. The Morgan fingerprint density at radius 1 is 1.00 bits per heavy atom. The van der Waals surface area contributed by atoms with Gasteiger partial charge < -0.3 is 9.64 Å². The predicted octanol–water partition coefficient (Wildman–Crippen LogP) is 5.04. The van der Waals surface area contributed by atoms with Crippen molar-refractivity contribution in [3.05, 3.63) is 59.7 Å². The first kappa shape index (κ1) is 16.6. The summed E-state index contributed by atoms with van der Waals surface area (Å²) in [6.45, 7) is 4.62. The van der Waals surface area contributed by atoms with Crippen LogP contribution >= 0.6 is 0 Å². The van der Waals surface area contributed by atoms with E-state index in [1.54, 1.807) is 0 Å². The van der Waals surface area contributed by atoms with Crippen LogP contribution in [0.15, 0.2) is 53.5 Å². The molecular formula is C21H26N2O. The van der Waals surface area contributed by atoms with Gasteiger partial charge in [-0.2, -0.15) is 0 Å². The quantitative estimate of drug-likeness (QED) is 0.636. The molecule has 1 heterocycles. The Morgan fingerprint density at radius 2 is 1.83 bits per heavy atom. The van der Waals surface area contributed by atoms with Gasteiger partial charge in [-0.1, -0.05) is 56.5 Å². The third kappa shape index (κ3) is 4.38. The van der Waals surface area contributed by atoms with Gasteiger partial charge in [-0.3, -0.25) is 4.99 Å². The molecule has 0 N–H and O–H groups in total. The molecule has 126 valence electrons. The van der Waals surface area contributed by atoms with Crippen LogP contribution in [0, 0.1) is 0 Å². The van der Waals surface area contributed by atoms with Crippen molar-refractivity contribution < 1.29 is 4.74 Å². The number of para-hydroxylation sites is 1. The third-order valence-electron chi connectivity index (χ3n) is 4.32. The SMILES string of the molecule is CCCCCCOc1ccc(CN2CN=Cc3ccccc32)cc1. The standard InChI is InChI=1S/C21H26N2O/c1-2-3-4-7-14-24-20-12-10-18(11-13-20)16-23-17-22-15-19-8-5-6-9-21(19)23/h5-6,8-13,15H,2-4,7,14,16-17H2,1H3. The van der Waals surface area contributed by atoms with E-state index in [1.807, 2.05) is 6.21 Å². The second-order valence-corrected chi connectivity index (χ2v) is 6.26. The van der Waals surface area contributed by atoms with Crippen LogP contribution in [0.3, 0.4) is 0 Å². The lowest BCUT2D eigenvalue weighted by atomic mass is 10.1. The molecule has 24 heavy (non-hydrogen) atoms. The number of hydrogen-bond donors (Lipinski definition) is 0. The normalized spacial score (nSPS) is 13.0. The highest BCUT2D eigenvalue weighted by Gasteiger charge is 2.13. The van der Waals surface area contributed by atoms with Crippen molar-refractivity contribution in [2.24, 2.45) is 4.99 Å². The van der Waals surface area contributed by atoms with Crippen molar-refractivity contribution in [1.29, 1.82) is 0 Å². The first-order valence-corrected chi connectivity index (χ1v) is 8.92. The molecule has 0 saturated heterocycles. The smallest absolute Gasteiger partial charge is 0.119 e. The summed E-state index contributed by atoms with van der Waals surface area (Å²) in [5.41, 5.74) is 3.72. The molecule has 0 aliphatic carbocycles. The second-order valence-electron chi connectivity index (χ2n) is 6.26. The molecule has 0 bridgehead atoms. The number of fused-ring (bicyclic) bond motifs is 1. The van der Waals surface area contributed by atoms with Crippen LogP contribution in [0.2, 0.25) is 0 Å². The average molecular weight is 322 g/mol. The summed E-state index contributed by atoms with van der Waals surface area (Å²) >= 11 is 0. The minimum absolute atomic E-state index is 0.715. The summed E-state index contributed by atoms with van der Waals surface area (Å²) in [5, 5.41) is 0. The number of hydrogen-bond acceptors (Lipinski definition) is 3. The molecule has 0 radical (unpaired) electrons. The Kier molecular flexibility index (Phi) is 5.89. The monoisotopic (exact) mass is 322 g/mol. The van der Waals surface area contributed by atoms with Gasteiger partial charge in [0, 0.05) is 24.0 Å². The number of aliphatic imine (C=N–C) groups is 1. The molecular weight excluding hydrogens is 296 g/mol. The minimum atomic E-state index is 0.715. The van der Waals surface area contributed by atoms with Gasteiger partial charge in [0.15, 0.2) is 0 Å². The predicted molar refractivity (Wildman–Crippen MR) is 101 cm³/mol. The van der Waals surface area contributed by atoms with E-state index in [0.717, 1.165) is 25.3 Å². The van der Waals surface area contributed by atoms with E-state index in [9.17, 15) is 0 Å². The summed E-state index contributed by atoms with van der Waals surface area (Å²) < 4.78 is 5.82. The summed E-state index contributed by atoms with van der Waals surface area (Å²) in [4.78, 5) is 6.76. The highest BCUT2D eigenvalue weighted by molar-refractivity contribution is 5.89. The third-order valence-corrected chi connectivity index (χ3v) is 4.32. The molecule has 3 rings (SSSR count). The van der Waals surface area contributed by atoms with Crippen LogP contribution in [0.5, 0.6) is 5.75 Å². The molecule has 0 aromatic heterocycles. The molecule has 1 aliphatic heterocycles. The zero-order valence-corrected chi connectivity index (χ0v) is 14.4. The van der Waals surface area contributed by atoms with Gasteiger partial charge in [-0.15, -0.1) is 0 Å². The van der Waals surface area contributed by atoms with Gasteiger partial charge in [-0.25, -0.2) is 0 Å². The fraction of sp³-hybridized carbons (Fsp3) is 0.381. The lowest BCUT2D eigenvalue weighted by molar-refractivity contribution is 0.305. The van der Waals surface area contributed by atoms with Crippen LogP contribution in [0.4, 0.5) is 5.69 Å². The Balaban J connectivity index is 1.54. The van der Waals surface area contributed by atoms with Gasteiger partial charge in [0.1, 0.15) is 12.4 Å². The Morgan fingerprint density at radius 3 is 2.67 bits per heavy atom. The van der Waals surface area contributed by atoms with Crippen molar-refractivity contribution in [3.8, 4) is 5.75 Å². The molecule has 0 spiro atoms. The molecule has 2 aromatic rings. The van der Waals surface area contributed by atoms with E-state index >= 15 is 0 Å². The minimum Gasteiger partial charge on any atom is -0.494 e. The molecule has 0 atom stereocenters. The van der Waals surface area contributed by atoms with Crippen LogP contribution in [0.1, 0.15) is 43.7 Å². The highest BCUT2D eigenvalue weighted by Crippen LogP contribution is 2.24. The number of rotatable bonds is 8. The molecule has 1 aliphatic rings. The topological polar surface area (TPSA) is 24.8 Å². The maximum atomic E-state index is 5.82.